The van der Waals surface area contributed by atoms with E-state index < -0.39 is 17.2 Å². The van der Waals surface area contributed by atoms with Gasteiger partial charge in [-0.25, -0.2) is 18.7 Å². The molecule has 1 saturated carbocycles. The fourth-order valence-corrected chi connectivity index (χ4v) is 5.01. The van der Waals surface area contributed by atoms with Gasteiger partial charge in [-0.3, -0.25) is 4.99 Å². The lowest BCUT2D eigenvalue weighted by molar-refractivity contribution is 0.206. The second kappa shape index (κ2) is 8.71. The lowest BCUT2D eigenvalue weighted by Crippen LogP contribution is -2.43. The maximum Gasteiger partial charge on any atom is 0.154 e. The first-order valence-electron chi connectivity index (χ1n) is 8.33. The third-order valence-electron chi connectivity index (χ3n) is 5.17. The Kier molecular flexibility index (Phi) is 7.05. The molecule has 0 spiro atoms. The van der Waals surface area contributed by atoms with Gasteiger partial charge in [0.05, 0.1) is 5.54 Å². The summed E-state index contributed by atoms with van der Waals surface area (Å²) < 4.78 is 29.3. The smallest absolute Gasteiger partial charge is 0.154 e. The molecule has 2 N–H and O–H groups in total. The van der Waals surface area contributed by atoms with Crippen LogP contribution in [0.1, 0.15) is 31.2 Å². The molecule has 1 aliphatic heterocycles. The molecular formula is C18H20Cl2F2N4S. The number of hydrogen-bond acceptors (Lipinski definition) is 5. The number of thioether (sulfide) groups is 1. The maximum atomic E-state index is 14.8. The second-order valence-electron chi connectivity index (χ2n) is 6.57. The molecule has 2 atom stereocenters. The van der Waals surface area contributed by atoms with Crippen LogP contribution in [0.5, 0.6) is 0 Å². The van der Waals surface area contributed by atoms with Gasteiger partial charge < -0.3 is 5.73 Å². The molecule has 1 aromatic carbocycles. The monoisotopic (exact) mass is 432 g/mol. The summed E-state index contributed by atoms with van der Waals surface area (Å²) >= 11 is 1.52. The Morgan fingerprint density at radius 3 is 2.56 bits per heavy atom. The molecule has 0 saturated heterocycles. The number of halogens is 4. The average Bonchev–Trinajstić information content (AvgIpc) is 2.62. The highest BCUT2D eigenvalue weighted by molar-refractivity contribution is 8.13. The van der Waals surface area contributed by atoms with E-state index in [4.69, 9.17) is 10.7 Å². The molecule has 0 unspecified atom stereocenters. The average molecular weight is 433 g/mol. The van der Waals surface area contributed by atoms with Gasteiger partial charge in [-0.2, -0.15) is 0 Å². The Balaban J connectivity index is 0.00000131. The number of fused-ring (bicyclic) bond motifs is 1. The summed E-state index contributed by atoms with van der Waals surface area (Å²) in [5.74, 6) is -0.163. The Morgan fingerprint density at radius 2 is 1.81 bits per heavy atom. The molecule has 1 aliphatic carbocycles. The van der Waals surface area contributed by atoms with Crippen molar-refractivity contribution in [3.63, 3.8) is 0 Å². The minimum atomic E-state index is -0.699. The first-order valence-corrected chi connectivity index (χ1v) is 9.32. The lowest BCUT2D eigenvalue weighted by Gasteiger charge is -2.44. The number of aliphatic imine (C=N–C) groups is 1. The SMILES string of the molecule is Cl.Cl.NC1=N[C@@]2(c3cc(-c4cncnc4)c(F)cc3F)CCCC[C@H]2CS1. The van der Waals surface area contributed by atoms with E-state index in [9.17, 15) is 8.78 Å². The Morgan fingerprint density at radius 1 is 1.07 bits per heavy atom. The number of aromatic nitrogens is 2. The van der Waals surface area contributed by atoms with Crippen LogP contribution in [0, 0.1) is 17.6 Å². The van der Waals surface area contributed by atoms with Crippen LogP contribution >= 0.6 is 36.6 Å². The summed E-state index contributed by atoms with van der Waals surface area (Å²) in [6.45, 7) is 0. The van der Waals surface area contributed by atoms with E-state index >= 15 is 0 Å². The van der Waals surface area contributed by atoms with Gasteiger partial charge >= 0.3 is 0 Å². The van der Waals surface area contributed by atoms with Gasteiger partial charge in [-0.1, -0.05) is 24.6 Å². The number of nitrogens with two attached hydrogens (primary N) is 1. The summed E-state index contributed by atoms with van der Waals surface area (Å²) in [6, 6.07) is 2.53. The standard InChI is InChI=1S/C18H18F2N4S.2ClH/c19-15-6-16(20)14(5-13(15)11-7-22-10-23-8-11)18-4-2-1-3-12(18)9-25-17(21)24-18;;/h5-8,10,12H,1-4,9H2,(H2,21,24);2*1H/t12-,18-;;/m0../s1. The molecule has 9 heteroatoms. The number of nitrogens with zero attached hydrogens (tertiary/aromatic N) is 3. The van der Waals surface area contributed by atoms with E-state index in [1.54, 1.807) is 6.07 Å². The second-order valence-corrected chi connectivity index (χ2v) is 7.61. The Bertz CT molecular complexity index is 838. The molecule has 1 fully saturated rings. The Hall–Kier alpha value is -1.44. The van der Waals surface area contributed by atoms with Gasteiger partial charge in [0.1, 0.15) is 18.0 Å². The molecule has 0 radical (unpaired) electrons. The minimum Gasteiger partial charge on any atom is -0.379 e. The van der Waals surface area contributed by atoms with Crippen LogP contribution in [0.25, 0.3) is 11.1 Å². The molecule has 2 heterocycles. The predicted molar refractivity (Wildman–Crippen MR) is 110 cm³/mol. The molecule has 27 heavy (non-hydrogen) atoms. The van der Waals surface area contributed by atoms with E-state index in [-0.39, 0.29) is 30.7 Å². The van der Waals surface area contributed by atoms with Crippen molar-refractivity contribution < 1.29 is 8.78 Å². The molecule has 146 valence electrons. The third kappa shape index (κ3) is 3.91. The van der Waals surface area contributed by atoms with Crippen LogP contribution in [-0.2, 0) is 5.54 Å². The molecule has 2 aliphatic rings. The zero-order chi connectivity index (χ0) is 17.4. The van der Waals surface area contributed by atoms with Crippen molar-refractivity contribution in [1.29, 1.82) is 0 Å². The van der Waals surface area contributed by atoms with E-state index in [0.29, 0.717) is 21.9 Å². The van der Waals surface area contributed by atoms with Gasteiger partial charge in [-0.15, -0.1) is 24.8 Å². The number of amidine groups is 1. The van der Waals surface area contributed by atoms with Crippen LogP contribution in [-0.4, -0.2) is 20.9 Å². The summed E-state index contributed by atoms with van der Waals surface area (Å²) in [4.78, 5) is 12.6. The van der Waals surface area contributed by atoms with Gasteiger partial charge in [0.2, 0.25) is 0 Å². The van der Waals surface area contributed by atoms with Crippen LogP contribution in [0.15, 0.2) is 35.8 Å². The van der Waals surface area contributed by atoms with Crippen LogP contribution < -0.4 is 5.73 Å². The number of benzene rings is 1. The lowest BCUT2D eigenvalue weighted by atomic mass is 9.69. The van der Waals surface area contributed by atoms with Crippen molar-refractivity contribution in [2.75, 3.05) is 5.75 Å². The van der Waals surface area contributed by atoms with Crippen molar-refractivity contribution in [3.05, 3.63) is 48.1 Å². The first kappa shape index (κ1) is 21.9. The van der Waals surface area contributed by atoms with Crippen molar-refractivity contribution in [2.45, 2.75) is 31.2 Å². The summed E-state index contributed by atoms with van der Waals surface area (Å²) in [5, 5.41) is 0.478. The zero-order valence-corrected chi connectivity index (χ0v) is 16.8. The molecule has 0 bridgehead atoms. The third-order valence-corrected chi connectivity index (χ3v) is 6.13. The highest BCUT2D eigenvalue weighted by Gasteiger charge is 2.46. The van der Waals surface area contributed by atoms with E-state index in [2.05, 4.69) is 9.97 Å². The highest BCUT2D eigenvalue weighted by atomic mass is 35.5. The molecule has 0 amide bonds. The van der Waals surface area contributed by atoms with Crippen molar-refractivity contribution in [2.24, 2.45) is 16.6 Å². The van der Waals surface area contributed by atoms with Crippen LogP contribution in [0.2, 0.25) is 0 Å². The van der Waals surface area contributed by atoms with Gasteiger partial charge in [0.25, 0.3) is 0 Å². The summed E-state index contributed by atoms with van der Waals surface area (Å²) in [7, 11) is 0. The van der Waals surface area contributed by atoms with Gasteiger partial charge in [-0.05, 0) is 24.8 Å². The van der Waals surface area contributed by atoms with E-state index in [1.165, 1.54) is 30.5 Å². The van der Waals surface area contributed by atoms with Crippen molar-refractivity contribution in [3.8, 4) is 11.1 Å². The topological polar surface area (TPSA) is 64.2 Å². The molecular weight excluding hydrogens is 413 g/mol. The fourth-order valence-electron chi connectivity index (χ4n) is 3.97. The van der Waals surface area contributed by atoms with E-state index in [1.807, 2.05) is 0 Å². The zero-order valence-electron chi connectivity index (χ0n) is 14.4. The first-order chi connectivity index (χ1) is 12.1. The fraction of sp³-hybridized carbons (Fsp3) is 0.389. The van der Waals surface area contributed by atoms with Crippen molar-refractivity contribution in [1.82, 2.24) is 9.97 Å². The number of hydrogen-bond donors (Lipinski definition) is 1. The maximum absolute atomic E-state index is 14.8. The minimum absolute atomic E-state index is 0. The highest BCUT2D eigenvalue weighted by Crippen LogP contribution is 2.50. The predicted octanol–water partition coefficient (Wildman–Crippen LogP) is 4.71. The van der Waals surface area contributed by atoms with Gasteiger partial charge in [0, 0.05) is 40.9 Å². The van der Waals surface area contributed by atoms with Crippen LogP contribution in [0.3, 0.4) is 0 Å². The largest absolute Gasteiger partial charge is 0.379 e. The van der Waals surface area contributed by atoms with Crippen LogP contribution in [0.4, 0.5) is 8.78 Å². The molecule has 4 rings (SSSR count). The Labute approximate surface area is 173 Å². The number of rotatable bonds is 2. The van der Waals surface area contributed by atoms with Gasteiger partial charge in [0.15, 0.2) is 5.17 Å². The molecule has 1 aromatic heterocycles. The molecule has 2 aromatic rings. The summed E-state index contributed by atoms with van der Waals surface area (Å²) in [5.41, 5.74) is 6.54. The van der Waals surface area contributed by atoms with Crippen molar-refractivity contribution >= 4 is 41.7 Å². The molecule has 4 nitrogen and oxygen atoms in total. The van der Waals surface area contributed by atoms with E-state index in [0.717, 1.165) is 37.5 Å². The normalized spacial score (nSPS) is 24.1. The summed E-state index contributed by atoms with van der Waals surface area (Å²) in [6.07, 6.45) is 8.19. The quantitative estimate of drug-likeness (QED) is 0.745.